The maximum absolute atomic E-state index is 13.4. The fourth-order valence-corrected chi connectivity index (χ4v) is 2.34. The number of halogens is 2. The number of hydrogen-bond donors (Lipinski definition) is 2. The summed E-state index contributed by atoms with van der Waals surface area (Å²) in [7, 11) is 0. The van der Waals surface area contributed by atoms with Crippen LogP contribution in [0.5, 0.6) is 11.5 Å². The van der Waals surface area contributed by atoms with Crippen molar-refractivity contribution in [2.24, 2.45) is 0 Å². The standard InChI is InChI=1S/C15H12F2O3/c16-9-2-3-10-13(19)7-14(20-15(10)6-9)8-1-4-12(18)11(17)5-8/h1-6,13-14,18-19H,7H2/t13-,14?/m0/s1. The number of aliphatic hydroxyl groups excluding tert-OH is 1. The topological polar surface area (TPSA) is 49.7 Å². The third kappa shape index (κ3) is 2.20. The lowest BCUT2D eigenvalue weighted by Gasteiger charge is -2.30. The van der Waals surface area contributed by atoms with Crippen molar-refractivity contribution in [3.8, 4) is 11.5 Å². The fraction of sp³-hybridized carbons (Fsp3) is 0.200. The van der Waals surface area contributed by atoms with Crippen molar-refractivity contribution >= 4 is 0 Å². The second-order valence-corrected chi connectivity index (χ2v) is 4.75. The molecule has 5 heteroatoms. The average molecular weight is 278 g/mol. The largest absolute Gasteiger partial charge is 0.505 e. The monoisotopic (exact) mass is 278 g/mol. The van der Waals surface area contributed by atoms with Gasteiger partial charge in [-0.05, 0) is 29.8 Å². The number of aromatic hydroxyl groups is 1. The van der Waals surface area contributed by atoms with E-state index in [1.54, 1.807) is 0 Å². The van der Waals surface area contributed by atoms with Crippen LogP contribution in [0, 0.1) is 11.6 Å². The van der Waals surface area contributed by atoms with E-state index < -0.39 is 29.6 Å². The molecule has 0 amide bonds. The van der Waals surface area contributed by atoms with E-state index in [9.17, 15) is 19.0 Å². The number of aliphatic hydroxyl groups is 1. The van der Waals surface area contributed by atoms with Crippen LogP contribution in [-0.4, -0.2) is 10.2 Å². The summed E-state index contributed by atoms with van der Waals surface area (Å²) >= 11 is 0. The van der Waals surface area contributed by atoms with Gasteiger partial charge in [-0.1, -0.05) is 6.07 Å². The van der Waals surface area contributed by atoms with Gasteiger partial charge >= 0.3 is 0 Å². The van der Waals surface area contributed by atoms with Crippen LogP contribution in [0.25, 0.3) is 0 Å². The predicted octanol–water partition coefficient (Wildman–Crippen LogP) is 3.23. The van der Waals surface area contributed by atoms with Gasteiger partial charge in [0.2, 0.25) is 0 Å². The van der Waals surface area contributed by atoms with Gasteiger partial charge in [-0.25, -0.2) is 8.78 Å². The molecule has 2 aromatic carbocycles. The maximum atomic E-state index is 13.4. The molecule has 0 radical (unpaired) electrons. The quantitative estimate of drug-likeness (QED) is 0.842. The van der Waals surface area contributed by atoms with Crippen molar-refractivity contribution in [2.75, 3.05) is 0 Å². The highest BCUT2D eigenvalue weighted by Crippen LogP contribution is 2.41. The van der Waals surface area contributed by atoms with E-state index in [1.807, 2.05) is 0 Å². The summed E-state index contributed by atoms with van der Waals surface area (Å²) in [6, 6.07) is 7.81. The lowest BCUT2D eigenvalue weighted by Crippen LogP contribution is -2.19. The molecule has 0 bridgehead atoms. The number of ether oxygens (including phenoxy) is 1. The molecule has 0 aliphatic carbocycles. The third-order valence-electron chi connectivity index (χ3n) is 3.38. The molecule has 0 fully saturated rings. The van der Waals surface area contributed by atoms with Gasteiger partial charge in [-0.15, -0.1) is 0 Å². The molecule has 3 rings (SSSR count). The van der Waals surface area contributed by atoms with Crippen LogP contribution < -0.4 is 4.74 Å². The van der Waals surface area contributed by atoms with Gasteiger partial charge in [0.05, 0.1) is 6.10 Å². The average Bonchev–Trinajstić information content (AvgIpc) is 2.41. The zero-order valence-corrected chi connectivity index (χ0v) is 10.4. The summed E-state index contributed by atoms with van der Waals surface area (Å²) < 4.78 is 32.2. The van der Waals surface area contributed by atoms with Gasteiger partial charge in [-0.3, -0.25) is 0 Å². The second-order valence-electron chi connectivity index (χ2n) is 4.75. The molecule has 1 heterocycles. The Balaban J connectivity index is 1.96. The Morgan fingerprint density at radius 2 is 1.90 bits per heavy atom. The van der Waals surface area contributed by atoms with E-state index in [2.05, 4.69) is 0 Å². The Kier molecular flexibility index (Phi) is 3.06. The molecule has 0 aromatic heterocycles. The molecule has 2 N–H and O–H groups in total. The Bertz CT molecular complexity index is 658. The predicted molar refractivity (Wildman–Crippen MR) is 67.4 cm³/mol. The van der Waals surface area contributed by atoms with E-state index in [-0.39, 0.29) is 12.2 Å². The van der Waals surface area contributed by atoms with Crippen molar-refractivity contribution in [3.05, 3.63) is 59.2 Å². The first kappa shape index (κ1) is 12.9. The van der Waals surface area contributed by atoms with E-state index in [4.69, 9.17) is 4.74 Å². The van der Waals surface area contributed by atoms with E-state index in [1.165, 1.54) is 30.3 Å². The Morgan fingerprint density at radius 1 is 1.10 bits per heavy atom. The summed E-state index contributed by atoms with van der Waals surface area (Å²) in [5.41, 5.74) is 0.996. The minimum Gasteiger partial charge on any atom is -0.505 e. The van der Waals surface area contributed by atoms with Crippen LogP contribution in [0.2, 0.25) is 0 Å². The highest BCUT2D eigenvalue weighted by molar-refractivity contribution is 5.39. The molecule has 0 saturated carbocycles. The van der Waals surface area contributed by atoms with E-state index in [0.29, 0.717) is 11.1 Å². The van der Waals surface area contributed by atoms with Crippen molar-refractivity contribution in [3.63, 3.8) is 0 Å². The van der Waals surface area contributed by atoms with Crippen molar-refractivity contribution in [1.82, 2.24) is 0 Å². The lowest BCUT2D eigenvalue weighted by atomic mass is 9.95. The van der Waals surface area contributed by atoms with Gasteiger partial charge in [0.1, 0.15) is 17.7 Å². The smallest absolute Gasteiger partial charge is 0.165 e. The van der Waals surface area contributed by atoms with Crippen LogP contribution in [0.1, 0.15) is 29.8 Å². The Morgan fingerprint density at radius 3 is 2.65 bits per heavy atom. The molecule has 1 aliphatic rings. The SMILES string of the molecule is Oc1ccc(C2C[C@H](O)c3ccc(F)cc3O2)cc1F. The van der Waals surface area contributed by atoms with Gasteiger partial charge in [-0.2, -0.15) is 0 Å². The molecule has 20 heavy (non-hydrogen) atoms. The molecule has 2 atom stereocenters. The zero-order valence-electron chi connectivity index (χ0n) is 10.4. The van der Waals surface area contributed by atoms with Crippen molar-refractivity contribution in [2.45, 2.75) is 18.6 Å². The summed E-state index contributed by atoms with van der Waals surface area (Å²) in [5.74, 6) is -1.42. The van der Waals surface area contributed by atoms with Gasteiger partial charge in [0, 0.05) is 18.1 Å². The van der Waals surface area contributed by atoms with Crippen LogP contribution in [0.3, 0.4) is 0 Å². The maximum Gasteiger partial charge on any atom is 0.165 e. The van der Waals surface area contributed by atoms with Gasteiger partial charge < -0.3 is 14.9 Å². The van der Waals surface area contributed by atoms with Crippen molar-refractivity contribution < 1.29 is 23.7 Å². The molecule has 1 aliphatic heterocycles. The van der Waals surface area contributed by atoms with E-state index >= 15 is 0 Å². The first-order valence-electron chi connectivity index (χ1n) is 6.17. The number of phenols is 1. The molecular weight excluding hydrogens is 266 g/mol. The molecule has 104 valence electrons. The minimum atomic E-state index is -0.804. The number of hydrogen-bond acceptors (Lipinski definition) is 3. The molecule has 2 aromatic rings. The Labute approximate surface area is 114 Å². The molecule has 0 saturated heterocycles. The molecular formula is C15H12F2O3. The van der Waals surface area contributed by atoms with Gasteiger partial charge in [0.25, 0.3) is 0 Å². The Hall–Kier alpha value is -2.14. The summed E-state index contributed by atoms with van der Waals surface area (Å²) in [5, 5.41) is 19.2. The summed E-state index contributed by atoms with van der Waals surface area (Å²) in [6.07, 6.45) is -1.15. The highest BCUT2D eigenvalue weighted by Gasteiger charge is 2.28. The van der Waals surface area contributed by atoms with Crippen LogP contribution >= 0.6 is 0 Å². The number of benzene rings is 2. The lowest BCUT2D eigenvalue weighted by molar-refractivity contribution is 0.0652. The molecule has 0 spiro atoms. The molecule has 1 unspecified atom stereocenters. The minimum absolute atomic E-state index is 0.239. The summed E-state index contributed by atoms with van der Waals surface area (Å²) in [6.45, 7) is 0. The van der Waals surface area contributed by atoms with Crippen LogP contribution in [0.15, 0.2) is 36.4 Å². The first-order valence-corrected chi connectivity index (χ1v) is 6.17. The number of rotatable bonds is 1. The van der Waals surface area contributed by atoms with Gasteiger partial charge in [0.15, 0.2) is 11.6 Å². The van der Waals surface area contributed by atoms with E-state index in [0.717, 1.165) is 6.07 Å². The van der Waals surface area contributed by atoms with Crippen LogP contribution in [0.4, 0.5) is 8.78 Å². The zero-order chi connectivity index (χ0) is 14.3. The fourth-order valence-electron chi connectivity index (χ4n) is 2.34. The molecule has 3 nitrogen and oxygen atoms in total. The third-order valence-corrected chi connectivity index (χ3v) is 3.38. The van der Waals surface area contributed by atoms with Crippen LogP contribution in [-0.2, 0) is 0 Å². The normalized spacial score (nSPS) is 21.1. The number of fused-ring (bicyclic) bond motifs is 1. The number of phenolic OH excluding ortho intramolecular Hbond substituents is 1. The summed E-state index contributed by atoms with van der Waals surface area (Å²) in [4.78, 5) is 0. The van der Waals surface area contributed by atoms with Crippen molar-refractivity contribution in [1.29, 1.82) is 0 Å². The second kappa shape index (κ2) is 4.76. The first-order chi connectivity index (χ1) is 9.54. The highest BCUT2D eigenvalue weighted by atomic mass is 19.1.